The molecular weight excluding hydrogens is 327 g/mol. The number of amides is 1. The topological polar surface area (TPSA) is 46.3 Å². The van der Waals surface area contributed by atoms with Gasteiger partial charge in [-0.3, -0.25) is 4.79 Å². The molecule has 110 valence electrons. The Kier molecular flexibility index (Phi) is 4.11. The van der Waals surface area contributed by atoms with E-state index in [1.165, 1.54) is 4.88 Å². The molecular formula is C15H14Cl2N2OS. The van der Waals surface area contributed by atoms with Crippen LogP contribution in [0.25, 0.3) is 0 Å². The molecule has 1 aliphatic heterocycles. The lowest BCUT2D eigenvalue weighted by atomic mass is 10.1. The van der Waals surface area contributed by atoms with Crippen LogP contribution in [0.2, 0.25) is 10.0 Å². The lowest BCUT2D eigenvalue weighted by molar-refractivity contribution is 0.0738. The van der Waals surface area contributed by atoms with Crippen LogP contribution in [0.15, 0.2) is 29.6 Å². The van der Waals surface area contributed by atoms with Gasteiger partial charge in [-0.25, -0.2) is 0 Å². The van der Waals surface area contributed by atoms with E-state index in [1.54, 1.807) is 23.5 Å². The molecule has 0 aliphatic carbocycles. The fraction of sp³-hybridized carbons (Fsp3) is 0.267. The summed E-state index contributed by atoms with van der Waals surface area (Å²) in [6, 6.07) is 7.42. The van der Waals surface area contributed by atoms with Crippen molar-refractivity contribution in [2.75, 3.05) is 12.3 Å². The summed E-state index contributed by atoms with van der Waals surface area (Å²) in [4.78, 5) is 15.8. The third-order valence-electron chi connectivity index (χ3n) is 3.71. The van der Waals surface area contributed by atoms with Crippen LogP contribution in [0.3, 0.4) is 0 Å². The third-order valence-corrected chi connectivity index (χ3v) is 5.31. The summed E-state index contributed by atoms with van der Waals surface area (Å²) < 4.78 is 0. The number of anilines is 1. The van der Waals surface area contributed by atoms with E-state index < -0.39 is 0 Å². The molecule has 3 nitrogen and oxygen atoms in total. The first-order chi connectivity index (χ1) is 10.1. The Labute approximate surface area is 137 Å². The van der Waals surface area contributed by atoms with Crippen molar-refractivity contribution < 1.29 is 4.79 Å². The Bertz CT molecular complexity index is 649. The standard InChI is InChI=1S/C15H14Cl2N2OS/c16-10-7-9(8-11(17)14(10)18)15(20)19-5-1-3-12(19)13-4-2-6-21-13/h2,4,6-8,12H,1,3,5,18H2. The van der Waals surface area contributed by atoms with Crippen molar-refractivity contribution in [2.24, 2.45) is 0 Å². The molecule has 1 saturated heterocycles. The van der Waals surface area contributed by atoms with Gasteiger partial charge in [-0.15, -0.1) is 11.3 Å². The van der Waals surface area contributed by atoms with Crippen molar-refractivity contribution in [1.82, 2.24) is 4.90 Å². The maximum atomic E-state index is 12.7. The number of hydrogen-bond acceptors (Lipinski definition) is 3. The number of carbonyl (C=O) groups is 1. The van der Waals surface area contributed by atoms with Crippen LogP contribution in [-0.4, -0.2) is 17.4 Å². The Hall–Kier alpha value is -1.23. The van der Waals surface area contributed by atoms with E-state index in [0.717, 1.165) is 19.4 Å². The van der Waals surface area contributed by atoms with Crippen LogP contribution in [0.4, 0.5) is 5.69 Å². The molecule has 6 heteroatoms. The first-order valence-electron chi connectivity index (χ1n) is 6.67. The minimum atomic E-state index is -0.0466. The molecule has 21 heavy (non-hydrogen) atoms. The molecule has 0 spiro atoms. The number of halogens is 2. The Balaban J connectivity index is 1.91. The number of thiophene rings is 1. The third kappa shape index (κ3) is 2.76. The van der Waals surface area contributed by atoms with E-state index >= 15 is 0 Å². The lowest BCUT2D eigenvalue weighted by Gasteiger charge is -2.24. The van der Waals surface area contributed by atoms with E-state index in [0.29, 0.717) is 21.3 Å². The molecule has 1 atom stereocenters. The van der Waals surface area contributed by atoms with Gasteiger partial charge < -0.3 is 10.6 Å². The molecule has 2 aromatic rings. The molecule has 3 rings (SSSR count). The maximum Gasteiger partial charge on any atom is 0.254 e. The van der Waals surface area contributed by atoms with Gasteiger partial charge in [0.15, 0.2) is 0 Å². The van der Waals surface area contributed by atoms with Crippen LogP contribution >= 0.6 is 34.5 Å². The highest BCUT2D eigenvalue weighted by Gasteiger charge is 2.31. The number of benzene rings is 1. The van der Waals surface area contributed by atoms with Gasteiger partial charge in [0.1, 0.15) is 0 Å². The Morgan fingerprint density at radius 3 is 2.67 bits per heavy atom. The van der Waals surface area contributed by atoms with Crippen LogP contribution in [0, 0.1) is 0 Å². The molecule has 1 aliphatic rings. The molecule has 2 N–H and O–H groups in total. The van der Waals surface area contributed by atoms with Crippen LogP contribution in [0.1, 0.15) is 34.1 Å². The van der Waals surface area contributed by atoms with Gasteiger partial charge in [-0.1, -0.05) is 29.3 Å². The van der Waals surface area contributed by atoms with Gasteiger partial charge in [-0.05, 0) is 36.4 Å². The van der Waals surface area contributed by atoms with Gasteiger partial charge in [0.05, 0.1) is 21.8 Å². The highest BCUT2D eigenvalue weighted by molar-refractivity contribution is 7.10. The van der Waals surface area contributed by atoms with Crippen LogP contribution in [0.5, 0.6) is 0 Å². The maximum absolute atomic E-state index is 12.7. The number of carbonyl (C=O) groups excluding carboxylic acids is 1. The second-order valence-corrected chi connectivity index (χ2v) is 6.82. The van der Waals surface area contributed by atoms with Gasteiger partial charge >= 0.3 is 0 Å². The largest absolute Gasteiger partial charge is 0.396 e. The summed E-state index contributed by atoms with van der Waals surface area (Å²) in [6.45, 7) is 0.751. The molecule has 0 bridgehead atoms. The van der Waals surface area contributed by atoms with Crippen LogP contribution in [-0.2, 0) is 0 Å². The summed E-state index contributed by atoms with van der Waals surface area (Å²) in [6.07, 6.45) is 1.99. The minimum absolute atomic E-state index is 0.0466. The average molecular weight is 341 g/mol. The predicted molar refractivity (Wildman–Crippen MR) is 88.2 cm³/mol. The summed E-state index contributed by atoms with van der Waals surface area (Å²) in [5.41, 5.74) is 6.52. The average Bonchev–Trinajstić information content (AvgIpc) is 3.13. The molecule has 1 aromatic carbocycles. The lowest BCUT2D eigenvalue weighted by Crippen LogP contribution is -2.30. The number of nitrogen functional groups attached to an aromatic ring is 1. The van der Waals surface area contributed by atoms with E-state index in [1.807, 2.05) is 16.3 Å². The smallest absolute Gasteiger partial charge is 0.254 e. The van der Waals surface area contributed by atoms with E-state index in [4.69, 9.17) is 28.9 Å². The number of hydrogen-bond donors (Lipinski definition) is 1. The summed E-state index contributed by atoms with van der Waals surface area (Å²) in [7, 11) is 0. The molecule has 2 heterocycles. The summed E-state index contributed by atoms with van der Waals surface area (Å²) in [5.74, 6) is -0.0466. The van der Waals surface area contributed by atoms with Crippen molar-refractivity contribution in [3.63, 3.8) is 0 Å². The van der Waals surface area contributed by atoms with Gasteiger partial charge in [0.2, 0.25) is 0 Å². The van der Waals surface area contributed by atoms with Gasteiger partial charge in [-0.2, -0.15) is 0 Å². The number of nitrogens with two attached hydrogens (primary N) is 1. The van der Waals surface area contributed by atoms with Crippen molar-refractivity contribution in [3.8, 4) is 0 Å². The number of likely N-dealkylation sites (tertiary alicyclic amines) is 1. The van der Waals surface area contributed by atoms with E-state index in [-0.39, 0.29) is 11.9 Å². The van der Waals surface area contributed by atoms with Crippen LogP contribution < -0.4 is 5.73 Å². The summed E-state index contributed by atoms with van der Waals surface area (Å²) >= 11 is 13.7. The molecule has 0 saturated carbocycles. The van der Waals surface area contributed by atoms with E-state index in [2.05, 4.69) is 6.07 Å². The Morgan fingerprint density at radius 2 is 2.05 bits per heavy atom. The van der Waals surface area contributed by atoms with Crippen molar-refractivity contribution in [3.05, 3.63) is 50.1 Å². The van der Waals surface area contributed by atoms with Crippen molar-refractivity contribution >= 4 is 46.1 Å². The molecule has 1 amide bonds. The first-order valence-corrected chi connectivity index (χ1v) is 8.30. The fourth-order valence-corrected chi connectivity index (χ4v) is 4.02. The predicted octanol–water partition coefficient (Wildman–Crippen LogP) is 4.61. The van der Waals surface area contributed by atoms with Gasteiger partial charge in [0, 0.05) is 17.0 Å². The van der Waals surface area contributed by atoms with E-state index in [9.17, 15) is 4.79 Å². The normalized spacial score (nSPS) is 18.2. The zero-order valence-electron chi connectivity index (χ0n) is 11.2. The zero-order chi connectivity index (χ0) is 15.0. The zero-order valence-corrected chi connectivity index (χ0v) is 13.5. The fourth-order valence-electron chi connectivity index (χ4n) is 2.66. The molecule has 1 fully saturated rings. The second kappa shape index (κ2) is 5.87. The second-order valence-electron chi connectivity index (χ2n) is 5.03. The molecule has 1 unspecified atom stereocenters. The molecule has 1 aromatic heterocycles. The SMILES string of the molecule is Nc1c(Cl)cc(C(=O)N2CCCC2c2cccs2)cc1Cl. The highest BCUT2D eigenvalue weighted by Crippen LogP contribution is 2.36. The van der Waals surface area contributed by atoms with Gasteiger partial charge in [0.25, 0.3) is 5.91 Å². The Morgan fingerprint density at radius 1 is 1.33 bits per heavy atom. The van der Waals surface area contributed by atoms with Crippen molar-refractivity contribution in [2.45, 2.75) is 18.9 Å². The van der Waals surface area contributed by atoms with Crippen molar-refractivity contribution in [1.29, 1.82) is 0 Å². The minimum Gasteiger partial charge on any atom is -0.396 e. The summed E-state index contributed by atoms with van der Waals surface area (Å²) in [5, 5.41) is 2.67. The first kappa shape index (κ1) is 14.7. The number of rotatable bonds is 2. The molecule has 0 radical (unpaired) electrons. The highest BCUT2D eigenvalue weighted by atomic mass is 35.5. The number of nitrogens with zero attached hydrogens (tertiary/aromatic N) is 1. The monoisotopic (exact) mass is 340 g/mol. The quantitative estimate of drug-likeness (QED) is 0.811.